The number of morpholine rings is 1. The van der Waals surface area contributed by atoms with Gasteiger partial charge in [0.25, 0.3) is 0 Å². The Labute approximate surface area is 157 Å². The molecule has 1 aliphatic heterocycles. The third kappa shape index (κ3) is 3.64. The molecule has 27 heavy (non-hydrogen) atoms. The van der Waals surface area contributed by atoms with Crippen molar-refractivity contribution in [3.05, 3.63) is 53.9 Å². The van der Waals surface area contributed by atoms with E-state index in [1.165, 1.54) is 5.69 Å². The fourth-order valence-corrected chi connectivity index (χ4v) is 3.17. The van der Waals surface area contributed by atoms with Gasteiger partial charge in [0.15, 0.2) is 0 Å². The number of nitriles is 1. The fraction of sp³-hybridized carbons (Fsp3) is 0.238. The number of hydrogen-bond acceptors (Lipinski definition) is 5. The van der Waals surface area contributed by atoms with Gasteiger partial charge in [0.05, 0.1) is 36.9 Å². The minimum atomic E-state index is 0.490. The summed E-state index contributed by atoms with van der Waals surface area (Å²) < 4.78 is 10.6. The maximum absolute atomic E-state index is 9.60. The number of ether oxygens (including phenoxy) is 2. The molecule has 0 spiro atoms. The summed E-state index contributed by atoms with van der Waals surface area (Å²) in [5.41, 5.74) is 4.26. The largest absolute Gasteiger partial charge is 0.497 e. The molecule has 0 amide bonds. The molecule has 0 aliphatic carbocycles. The van der Waals surface area contributed by atoms with Crippen molar-refractivity contribution in [3.63, 3.8) is 0 Å². The molecule has 1 aliphatic rings. The molecule has 6 heteroatoms. The maximum Gasteiger partial charge on any atom is 0.149 e. The van der Waals surface area contributed by atoms with Crippen LogP contribution in [0.25, 0.3) is 22.7 Å². The molecule has 0 atom stereocenters. The van der Waals surface area contributed by atoms with E-state index < -0.39 is 0 Å². The second-order valence-corrected chi connectivity index (χ2v) is 6.33. The zero-order valence-electron chi connectivity index (χ0n) is 15.1. The van der Waals surface area contributed by atoms with Crippen LogP contribution < -0.4 is 9.64 Å². The predicted molar refractivity (Wildman–Crippen MR) is 106 cm³/mol. The molecule has 1 N–H and O–H groups in total. The summed E-state index contributed by atoms with van der Waals surface area (Å²) in [5, 5.41) is 9.60. The van der Waals surface area contributed by atoms with E-state index in [0.29, 0.717) is 11.4 Å². The van der Waals surface area contributed by atoms with E-state index >= 15 is 0 Å². The highest BCUT2D eigenvalue weighted by Crippen LogP contribution is 2.24. The number of rotatable bonds is 4. The summed E-state index contributed by atoms with van der Waals surface area (Å²) in [7, 11) is 1.62. The number of aromatic amines is 1. The summed E-state index contributed by atoms with van der Waals surface area (Å²) in [4.78, 5) is 10.0. The molecule has 0 saturated carbocycles. The number of nitrogens with zero attached hydrogens (tertiary/aromatic N) is 3. The second-order valence-electron chi connectivity index (χ2n) is 6.33. The Hall–Kier alpha value is -3.30. The summed E-state index contributed by atoms with van der Waals surface area (Å²) >= 11 is 0. The van der Waals surface area contributed by atoms with Crippen LogP contribution in [0.3, 0.4) is 0 Å². The smallest absolute Gasteiger partial charge is 0.149 e. The van der Waals surface area contributed by atoms with E-state index in [4.69, 9.17) is 9.47 Å². The maximum atomic E-state index is 9.60. The first-order valence-corrected chi connectivity index (χ1v) is 8.85. The van der Waals surface area contributed by atoms with E-state index in [1.54, 1.807) is 7.11 Å². The lowest BCUT2D eigenvalue weighted by Gasteiger charge is -2.28. The lowest BCUT2D eigenvalue weighted by atomic mass is 10.1. The molecule has 136 valence electrons. The third-order valence-corrected chi connectivity index (χ3v) is 4.64. The first-order valence-electron chi connectivity index (χ1n) is 8.85. The summed E-state index contributed by atoms with van der Waals surface area (Å²) in [5.74, 6) is 1.30. The van der Waals surface area contributed by atoms with Gasteiger partial charge < -0.3 is 19.4 Å². The van der Waals surface area contributed by atoms with Crippen molar-refractivity contribution in [2.75, 3.05) is 38.3 Å². The monoisotopic (exact) mass is 360 g/mol. The summed E-state index contributed by atoms with van der Waals surface area (Å²) in [6.07, 6.45) is 1.85. The normalized spacial score (nSPS) is 15.0. The highest BCUT2D eigenvalue weighted by molar-refractivity contribution is 5.90. The van der Waals surface area contributed by atoms with Gasteiger partial charge in [-0.05, 0) is 35.9 Å². The molecule has 4 rings (SSSR count). The average molecular weight is 360 g/mol. The van der Waals surface area contributed by atoms with Crippen molar-refractivity contribution < 1.29 is 9.47 Å². The topological polar surface area (TPSA) is 74.2 Å². The minimum Gasteiger partial charge on any atom is -0.497 e. The highest BCUT2D eigenvalue weighted by atomic mass is 16.5. The predicted octanol–water partition coefficient (Wildman–Crippen LogP) is 3.47. The molecular weight excluding hydrogens is 340 g/mol. The van der Waals surface area contributed by atoms with E-state index in [9.17, 15) is 5.26 Å². The number of nitrogens with one attached hydrogen (secondary N) is 1. The van der Waals surface area contributed by atoms with E-state index in [0.717, 1.165) is 48.6 Å². The number of fused-ring (bicyclic) bond motifs is 1. The number of benzene rings is 2. The van der Waals surface area contributed by atoms with Gasteiger partial charge in [-0.3, -0.25) is 0 Å². The lowest BCUT2D eigenvalue weighted by molar-refractivity contribution is 0.122. The van der Waals surface area contributed by atoms with Gasteiger partial charge in [-0.1, -0.05) is 12.1 Å². The van der Waals surface area contributed by atoms with Gasteiger partial charge in [0.2, 0.25) is 0 Å². The van der Waals surface area contributed by atoms with Crippen LogP contribution in [0, 0.1) is 11.3 Å². The highest BCUT2D eigenvalue weighted by Gasteiger charge is 2.12. The van der Waals surface area contributed by atoms with Crippen molar-refractivity contribution in [2.24, 2.45) is 0 Å². The Kier molecular flexibility index (Phi) is 4.77. The number of imidazole rings is 1. The molecule has 0 unspecified atom stereocenters. The van der Waals surface area contributed by atoms with Gasteiger partial charge in [-0.25, -0.2) is 4.98 Å². The van der Waals surface area contributed by atoms with E-state index in [2.05, 4.69) is 33.1 Å². The first kappa shape index (κ1) is 17.1. The fourth-order valence-electron chi connectivity index (χ4n) is 3.17. The Bertz CT molecular complexity index is 1010. The quantitative estimate of drug-likeness (QED) is 0.721. The molecule has 1 aromatic heterocycles. The van der Waals surface area contributed by atoms with Crippen LogP contribution in [0.4, 0.5) is 5.69 Å². The Morgan fingerprint density at radius 3 is 2.70 bits per heavy atom. The number of allylic oxidation sites excluding steroid dienone is 1. The van der Waals surface area contributed by atoms with Crippen molar-refractivity contribution in [2.45, 2.75) is 0 Å². The molecule has 0 radical (unpaired) electrons. The minimum absolute atomic E-state index is 0.490. The van der Waals surface area contributed by atoms with Gasteiger partial charge in [0.1, 0.15) is 17.6 Å². The SMILES string of the molecule is COc1ccc2nc(/C(C#N)=C/c3ccc(N4CCOCC4)cc3)[nH]c2c1. The summed E-state index contributed by atoms with van der Waals surface area (Å²) in [6.45, 7) is 3.33. The molecule has 1 saturated heterocycles. The number of anilines is 1. The Morgan fingerprint density at radius 1 is 1.22 bits per heavy atom. The van der Waals surface area contributed by atoms with E-state index in [-0.39, 0.29) is 0 Å². The number of aromatic nitrogens is 2. The standard InChI is InChI=1S/C21H20N4O2/c1-26-18-6-7-19-20(13-18)24-21(23-19)16(14-22)12-15-2-4-17(5-3-15)25-8-10-27-11-9-25/h2-7,12-13H,8-11H2,1H3,(H,23,24)/b16-12+. The van der Waals surface area contributed by atoms with Crippen molar-refractivity contribution >= 4 is 28.4 Å². The number of methoxy groups -OCH3 is 1. The van der Waals surface area contributed by atoms with Crippen LogP contribution in [0.5, 0.6) is 5.75 Å². The van der Waals surface area contributed by atoms with Crippen molar-refractivity contribution in [3.8, 4) is 11.8 Å². The molecule has 0 bridgehead atoms. The average Bonchev–Trinajstić information content (AvgIpc) is 3.16. The number of hydrogen-bond donors (Lipinski definition) is 1. The van der Waals surface area contributed by atoms with Gasteiger partial charge in [-0.2, -0.15) is 5.26 Å². The Balaban J connectivity index is 1.60. The zero-order valence-corrected chi connectivity index (χ0v) is 15.1. The molecular formula is C21H20N4O2. The van der Waals surface area contributed by atoms with Crippen LogP contribution in [-0.2, 0) is 4.74 Å². The molecule has 1 fully saturated rings. The van der Waals surface area contributed by atoms with Crippen LogP contribution in [0.2, 0.25) is 0 Å². The van der Waals surface area contributed by atoms with Crippen LogP contribution in [-0.4, -0.2) is 43.4 Å². The molecule has 2 heterocycles. The third-order valence-electron chi connectivity index (χ3n) is 4.64. The number of H-pyrrole nitrogens is 1. The van der Waals surface area contributed by atoms with Gasteiger partial charge in [0, 0.05) is 24.8 Å². The molecule has 6 nitrogen and oxygen atoms in total. The molecule has 3 aromatic rings. The second kappa shape index (κ2) is 7.52. The first-order chi connectivity index (χ1) is 13.3. The lowest BCUT2D eigenvalue weighted by Crippen LogP contribution is -2.36. The van der Waals surface area contributed by atoms with Crippen LogP contribution in [0.15, 0.2) is 42.5 Å². The van der Waals surface area contributed by atoms with Crippen molar-refractivity contribution in [1.82, 2.24) is 9.97 Å². The van der Waals surface area contributed by atoms with Gasteiger partial charge >= 0.3 is 0 Å². The van der Waals surface area contributed by atoms with Gasteiger partial charge in [-0.15, -0.1) is 0 Å². The van der Waals surface area contributed by atoms with E-state index in [1.807, 2.05) is 36.4 Å². The van der Waals surface area contributed by atoms with Crippen molar-refractivity contribution in [1.29, 1.82) is 5.26 Å². The summed E-state index contributed by atoms with van der Waals surface area (Å²) in [6, 6.07) is 16.0. The molecule has 2 aromatic carbocycles. The zero-order chi connectivity index (χ0) is 18.6. The Morgan fingerprint density at radius 2 is 2.00 bits per heavy atom. The van der Waals surface area contributed by atoms with Crippen LogP contribution >= 0.6 is 0 Å². The van der Waals surface area contributed by atoms with Crippen LogP contribution in [0.1, 0.15) is 11.4 Å².